The van der Waals surface area contributed by atoms with Gasteiger partial charge >= 0.3 is 5.97 Å². The molecule has 26 heavy (non-hydrogen) atoms. The minimum Gasteiger partial charge on any atom is -0.443 e. The number of hydrogen-bond acceptors (Lipinski definition) is 4. The number of amides is 1. The largest absolute Gasteiger partial charge is 0.443 e. The van der Waals surface area contributed by atoms with Crippen LogP contribution in [0.1, 0.15) is 31.8 Å². The molecule has 0 aliphatic heterocycles. The second kappa shape index (κ2) is 7.97. The molecular weight excluding hydrogens is 346 g/mol. The SMILES string of the molecule is Cc1ccc(NC(=O)[C@@H](OC(=O)c2ccc(C)s2)c2ccccc2)cc1. The number of esters is 1. The lowest BCUT2D eigenvalue weighted by molar-refractivity contribution is -0.125. The van der Waals surface area contributed by atoms with E-state index in [0.717, 1.165) is 10.4 Å². The highest BCUT2D eigenvalue weighted by molar-refractivity contribution is 7.13. The molecule has 0 spiro atoms. The van der Waals surface area contributed by atoms with Crippen molar-refractivity contribution in [3.63, 3.8) is 0 Å². The molecule has 1 amide bonds. The third-order valence-electron chi connectivity index (χ3n) is 3.83. The van der Waals surface area contributed by atoms with E-state index in [1.807, 2.05) is 62.4 Å². The highest BCUT2D eigenvalue weighted by atomic mass is 32.1. The number of hydrogen-bond donors (Lipinski definition) is 1. The minimum atomic E-state index is -1.02. The van der Waals surface area contributed by atoms with E-state index in [9.17, 15) is 9.59 Å². The second-order valence-corrected chi connectivity index (χ2v) is 7.25. The molecule has 0 fully saturated rings. The minimum absolute atomic E-state index is 0.387. The Balaban J connectivity index is 1.82. The van der Waals surface area contributed by atoms with Gasteiger partial charge in [0.1, 0.15) is 4.88 Å². The van der Waals surface area contributed by atoms with Gasteiger partial charge in [0.05, 0.1) is 0 Å². The van der Waals surface area contributed by atoms with Crippen molar-refractivity contribution >= 4 is 28.9 Å². The fourth-order valence-electron chi connectivity index (χ4n) is 2.45. The molecule has 1 atom stereocenters. The first-order valence-electron chi connectivity index (χ1n) is 8.23. The molecule has 0 unspecified atom stereocenters. The predicted octanol–water partition coefficient (Wildman–Crippen LogP) is 4.90. The normalized spacial score (nSPS) is 11.6. The predicted molar refractivity (Wildman–Crippen MR) is 103 cm³/mol. The number of carbonyl (C=O) groups excluding carboxylic acids is 2. The van der Waals surface area contributed by atoms with E-state index in [1.54, 1.807) is 18.2 Å². The molecule has 0 radical (unpaired) electrons. The van der Waals surface area contributed by atoms with Crippen molar-refractivity contribution in [2.75, 3.05) is 5.32 Å². The summed E-state index contributed by atoms with van der Waals surface area (Å²) in [6.45, 7) is 3.89. The van der Waals surface area contributed by atoms with Gasteiger partial charge in [-0.3, -0.25) is 4.79 Å². The van der Waals surface area contributed by atoms with Crippen LogP contribution in [-0.2, 0) is 9.53 Å². The molecule has 132 valence electrons. The van der Waals surface area contributed by atoms with Crippen LogP contribution in [0.15, 0.2) is 66.7 Å². The first-order valence-corrected chi connectivity index (χ1v) is 9.04. The zero-order valence-corrected chi connectivity index (χ0v) is 15.4. The smallest absolute Gasteiger partial charge is 0.349 e. The standard InChI is InChI=1S/C21H19NO3S/c1-14-8-11-17(12-9-14)22-20(23)19(16-6-4-3-5-7-16)25-21(24)18-13-10-15(2)26-18/h3-13,19H,1-2H3,(H,22,23)/t19-/m0/s1. The van der Waals surface area contributed by atoms with Crippen LogP contribution < -0.4 is 5.32 Å². The number of carbonyl (C=O) groups is 2. The summed E-state index contributed by atoms with van der Waals surface area (Å²) in [5.41, 5.74) is 2.38. The van der Waals surface area contributed by atoms with E-state index in [0.29, 0.717) is 16.1 Å². The summed E-state index contributed by atoms with van der Waals surface area (Å²) in [7, 11) is 0. The summed E-state index contributed by atoms with van der Waals surface area (Å²) in [4.78, 5) is 26.7. The highest BCUT2D eigenvalue weighted by Crippen LogP contribution is 2.24. The van der Waals surface area contributed by atoms with Gasteiger partial charge in [-0.2, -0.15) is 0 Å². The van der Waals surface area contributed by atoms with Gasteiger partial charge in [-0.1, -0.05) is 48.0 Å². The van der Waals surface area contributed by atoms with Gasteiger partial charge in [0, 0.05) is 16.1 Å². The van der Waals surface area contributed by atoms with E-state index in [-0.39, 0.29) is 5.91 Å². The molecule has 0 saturated heterocycles. The number of ether oxygens (including phenoxy) is 1. The van der Waals surface area contributed by atoms with Crippen LogP contribution in [0.4, 0.5) is 5.69 Å². The Hall–Kier alpha value is -2.92. The lowest BCUT2D eigenvalue weighted by Crippen LogP contribution is -2.25. The van der Waals surface area contributed by atoms with Crippen molar-refractivity contribution in [2.24, 2.45) is 0 Å². The number of rotatable bonds is 5. The van der Waals surface area contributed by atoms with Gasteiger partial charge in [-0.25, -0.2) is 4.79 Å². The first-order chi connectivity index (χ1) is 12.5. The Kier molecular flexibility index (Phi) is 5.49. The summed E-state index contributed by atoms with van der Waals surface area (Å²) >= 11 is 1.34. The first kappa shape index (κ1) is 17.9. The Bertz CT molecular complexity index is 901. The molecule has 4 nitrogen and oxygen atoms in total. The fourth-order valence-corrected chi connectivity index (χ4v) is 3.21. The third-order valence-corrected chi connectivity index (χ3v) is 4.81. The van der Waals surface area contributed by atoms with Crippen LogP contribution >= 0.6 is 11.3 Å². The van der Waals surface area contributed by atoms with Crippen LogP contribution in [0.25, 0.3) is 0 Å². The number of anilines is 1. The molecule has 0 aliphatic rings. The van der Waals surface area contributed by atoms with E-state index in [1.165, 1.54) is 11.3 Å². The molecule has 3 aromatic rings. The van der Waals surface area contributed by atoms with E-state index >= 15 is 0 Å². The summed E-state index contributed by atoms with van der Waals surface area (Å²) in [5.74, 6) is -0.891. The summed E-state index contributed by atoms with van der Waals surface area (Å²) in [5, 5.41) is 2.82. The molecule has 5 heteroatoms. The summed E-state index contributed by atoms with van der Waals surface area (Å²) < 4.78 is 5.55. The molecule has 0 aliphatic carbocycles. The van der Waals surface area contributed by atoms with Gasteiger partial charge in [0.25, 0.3) is 5.91 Å². The Morgan fingerprint density at radius 3 is 2.23 bits per heavy atom. The molecule has 0 bridgehead atoms. The Morgan fingerprint density at radius 1 is 0.923 bits per heavy atom. The van der Waals surface area contributed by atoms with Crippen LogP contribution in [0.3, 0.4) is 0 Å². The van der Waals surface area contributed by atoms with Crippen molar-refractivity contribution in [1.29, 1.82) is 0 Å². The maximum atomic E-state index is 12.8. The lowest BCUT2D eigenvalue weighted by Gasteiger charge is -2.18. The average molecular weight is 365 g/mol. The third kappa shape index (κ3) is 4.37. The molecule has 3 rings (SSSR count). The maximum Gasteiger partial charge on any atom is 0.349 e. The van der Waals surface area contributed by atoms with Gasteiger partial charge in [-0.05, 0) is 38.1 Å². The average Bonchev–Trinajstić information content (AvgIpc) is 3.08. The lowest BCUT2D eigenvalue weighted by atomic mass is 10.1. The number of benzene rings is 2. The van der Waals surface area contributed by atoms with Gasteiger partial charge < -0.3 is 10.1 Å². The Labute approximate surface area is 156 Å². The van der Waals surface area contributed by atoms with Crippen molar-refractivity contribution in [3.05, 3.63) is 87.6 Å². The van der Waals surface area contributed by atoms with Gasteiger partial charge in [0.2, 0.25) is 6.10 Å². The van der Waals surface area contributed by atoms with Gasteiger partial charge in [0.15, 0.2) is 0 Å². The van der Waals surface area contributed by atoms with Crippen LogP contribution in [0, 0.1) is 13.8 Å². The zero-order valence-electron chi connectivity index (χ0n) is 14.6. The van der Waals surface area contributed by atoms with Crippen LogP contribution in [0.2, 0.25) is 0 Å². The van der Waals surface area contributed by atoms with E-state index in [4.69, 9.17) is 4.74 Å². The fraction of sp³-hybridized carbons (Fsp3) is 0.143. The van der Waals surface area contributed by atoms with Crippen molar-refractivity contribution in [1.82, 2.24) is 0 Å². The van der Waals surface area contributed by atoms with E-state index in [2.05, 4.69) is 5.32 Å². The molecular formula is C21H19NO3S. The van der Waals surface area contributed by atoms with Crippen LogP contribution in [-0.4, -0.2) is 11.9 Å². The summed E-state index contributed by atoms with van der Waals surface area (Å²) in [6, 6.07) is 20.0. The molecule has 1 heterocycles. The molecule has 2 aromatic carbocycles. The number of aryl methyl sites for hydroxylation is 2. The second-order valence-electron chi connectivity index (χ2n) is 5.96. The summed E-state index contributed by atoms with van der Waals surface area (Å²) in [6.07, 6.45) is -1.02. The van der Waals surface area contributed by atoms with E-state index < -0.39 is 12.1 Å². The molecule has 1 aromatic heterocycles. The topological polar surface area (TPSA) is 55.4 Å². The number of thiophene rings is 1. The monoisotopic (exact) mass is 365 g/mol. The molecule has 1 N–H and O–H groups in total. The van der Waals surface area contributed by atoms with Crippen LogP contribution in [0.5, 0.6) is 0 Å². The van der Waals surface area contributed by atoms with Crippen molar-refractivity contribution < 1.29 is 14.3 Å². The zero-order chi connectivity index (χ0) is 18.5. The number of nitrogens with one attached hydrogen (secondary N) is 1. The highest BCUT2D eigenvalue weighted by Gasteiger charge is 2.26. The molecule has 0 saturated carbocycles. The quantitative estimate of drug-likeness (QED) is 0.654. The maximum absolute atomic E-state index is 12.8. The van der Waals surface area contributed by atoms with Crippen molar-refractivity contribution in [2.45, 2.75) is 20.0 Å². The Morgan fingerprint density at radius 2 is 1.62 bits per heavy atom. The van der Waals surface area contributed by atoms with Crippen molar-refractivity contribution in [3.8, 4) is 0 Å². The van der Waals surface area contributed by atoms with Gasteiger partial charge in [-0.15, -0.1) is 11.3 Å².